The number of anilines is 3. The van der Waals surface area contributed by atoms with Crippen molar-refractivity contribution in [2.75, 3.05) is 4.90 Å². The van der Waals surface area contributed by atoms with Gasteiger partial charge in [-0.25, -0.2) is 4.98 Å². The van der Waals surface area contributed by atoms with E-state index in [4.69, 9.17) is 13.8 Å². The molecule has 57 heavy (non-hydrogen) atoms. The Hall–Kier alpha value is -7.69. The van der Waals surface area contributed by atoms with Crippen LogP contribution in [0.1, 0.15) is 0 Å². The number of hydrogen-bond donors (Lipinski definition) is 0. The maximum atomic E-state index is 6.71. The van der Waals surface area contributed by atoms with Crippen molar-refractivity contribution in [3.8, 4) is 44.8 Å². The largest absolute Gasteiger partial charge is 0.456 e. The van der Waals surface area contributed by atoms with E-state index in [1.54, 1.807) is 0 Å². The predicted octanol–water partition coefficient (Wildman–Crippen LogP) is 15.0. The van der Waals surface area contributed by atoms with Gasteiger partial charge in [0.1, 0.15) is 16.7 Å². The highest BCUT2D eigenvalue weighted by Crippen LogP contribution is 2.45. The minimum absolute atomic E-state index is 0.617. The van der Waals surface area contributed by atoms with Crippen molar-refractivity contribution in [1.82, 2.24) is 4.98 Å². The van der Waals surface area contributed by atoms with Gasteiger partial charge in [-0.05, 0) is 117 Å². The third kappa shape index (κ3) is 5.74. The Bertz CT molecular complexity index is 3200. The van der Waals surface area contributed by atoms with E-state index in [-0.39, 0.29) is 0 Å². The zero-order chi connectivity index (χ0) is 37.7. The van der Waals surface area contributed by atoms with Crippen LogP contribution in [0.3, 0.4) is 0 Å². The Balaban J connectivity index is 1.00. The van der Waals surface area contributed by atoms with Crippen LogP contribution in [0.4, 0.5) is 17.1 Å². The van der Waals surface area contributed by atoms with Crippen LogP contribution >= 0.6 is 0 Å². The topological polar surface area (TPSA) is 42.4 Å². The Morgan fingerprint density at radius 2 is 0.912 bits per heavy atom. The van der Waals surface area contributed by atoms with Crippen LogP contribution in [-0.2, 0) is 0 Å². The lowest BCUT2D eigenvalue weighted by Gasteiger charge is -2.26. The summed E-state index contributed by atoms with van der Waals surface area (Å²) in [5.41, 5.74) is 14.3. The Morgan fingerprint density at radius 1 is 0.333 bits per heavy atom. The fourth-order valence-corrected chi connectivity index (χ4v) is 8.20. The first-order valence-corrected chi connectivity index (χ1v) is 19.2. The Morgan fingerprint density at radius 3 is 1.63 bits per heavy atom. The SMILES string of the molecule is c1ccc(-c2ccc(N(c3ccccc3)c3ccc(-c4cc5oc6cccc(-c7ccc8nc(-c9ccccc9)oc8c7)c6c5c5ccccc45)cc3)cc2)cc1. The van der Waals surface area contributed by atoms with Gasteiger partial charge in [0.05, 0.1) is 0 Å². The van der Waals surface area contributed by atoms with Crippen molar-refractivity contribution >= 4 is 60.9 Å². The van der Waals surface area contributed by atoms with Gasteiger partial charge in [0.2, 0.25) is 5.89 Å². The average Bonchev–Trinajstić information content (AvgIpc) is 3.90. The summed E-state index contributed by atoms with van der Waals surface area (Å²) in [7, 11) is 0. The van der Waals surface area contributed by atoms with E-state index in [1.807, 2.05) is 36.4 Å². The quantitative estimate of drug-likeness (QED) is 0.164. The molecule has 0 unspecified atom stereocenters. The summed E-state index contributed by atoms with van der Waals surface area (Å²) < 4.78 is 13.0. The Kier molecular flexibility index (Phi) is 7.78. The van der Waals surface area contributed by atoms with E-state index >= 15 is 0 Å². The van der Waals surface area contributed by atoms with Gasteiger partial charge in [-0.15, -0.1) is 0 Å². The molecule has 0 aliphatic carbocycles. The van der Waals surface area contributed by atoms with Crippen molar-refractivity contribution < 1.29 is 8.83 Å². The molecule has 2 heterocycles. The molecule has 2 aromatic heterocycles. The molecule has 268 valence electrons. The summed E-state index contributed by atoms with van der Waals surface area (Å²) in [6.07, 6.45) is 0. The van der Waals surface area contributed by atoms with Gasteiger partial charge < -0.3 is 13.7 Å². The zero-order valence-corrected chi connectivity index (χ0v) is 30.8. The van der Waals surface area contributed by atoms with Crippen LogP contribution in [0.5, 0.6) is 0 Å². The van der Waals surface area contributed by atoms with E-state index in [0.29, 0.717) is 5.89 Å². The van der Waals surface area contributed by atoms with Crippen LogP contribution < -0.4 is 4.90 Å². The normalized spacial score (nSPS) is 11.5. The first-order valence-electron chi connectivity index (χ1n) is 19.2. The monoisotopic (exact) mass is 730 g/mol. The van der Waals surface area contributed by atoms with E-state index < -0.39 is 0 Å². The Labute approximate surface area is 329 Å². The van der Waals surface area contributed by atoms with E-state index in [2.05, 4.69) is 175 Å². The second-order valence-electron chi connectivity index (χ2n) is 14.3. The van der Waals surface area contributed by atoms with Gasteiger partial charge in [0, 0.05) is 33.4 Å². The molecular weight excluding hydrogens is 697 g/mol. The molecule has 11 aromatic rings. The van der Waals surface area contributed by atoms with Crippen molar-refractivity contribution in [2.24, 2.45) is 0 Å². The molecule has 0 aliphatic heterocycles. The third-order valence-electron chi connectivity index (χ3n) is 10.9. The molecule has 0 fully saturated rings. The molecule has 0 saturated carbocycles. The standard InChI is InChI=1S/C53H34N2O2/c1-4-13-35(14-5-1)36-23-28-41(29-24-36)55(40-17-8-3-9-18-40)42-30-25-37(26-31-42)46-34-50-52(45-20-11-10-19-44(45)46)51-43(21-12-22-48(51)56-50)39-27-32-47-49(33-39)57-53(54-47)38-15-6-2-7-16-38/h1-34H. The molecule has 0 N–H and O–H groups in total. The molecule has 4 heteroatoms. The summed E-state index contributed by atoms with van der Waals surface area (Å²) in [5.74, 6) is 0.617. The summed E-state index contributed by atoms with van der Waals surface area (Å²) in [4.78, 5) is 7.08. The molecule has 9 aromatic carbocycles. The molecule has 0 amide bonds. The molecule has 11 rings (SSSR count). The number of nitrogens with zero attached hydrogens (tertiary/aromatic N) is 2. The van der Waals surface area contributed by atoms with Crippen molar-refractivity contribution in [1.29, 1.82) is 0 Å². The van der Waals surface area contributed by atoms with Gasteiger partial charge in [-0.2, -0.15) is 0 Å². The highest BCUT2D eigenvalue weighted by molar-refractivity contribution is 6.25. The van der Waals surface area contributed by atoms with Crippen molar-refractivity contribution in [3.05, 3.63) is 206 Å². The van der Waals surface area contributed by atoms with Crippen LogP contribution in [0.25, 0.3) is 88.6 Å². The van der Waals surface area contributed by atoms with Gasteiger partial charge in [-0.1, -0.05) is 133 Å². The molecule has 0 bridgehead atoms. The number of furan rings is 1. The molecule has 0 atom stereocenters. The minimum atomic E-state index is 0.617. The lowest BCUT2D eigenvalue weighted by molar-refractivity contribution is 0.620. The first-order chi connectivity index (χ1) is 28.2. The number of oxazole rings is 1. The summed E-state index contributed by atoms with van der Waals surface area (Å²) in [6, 6.07) is 72.2. The van der Waals surface area contributed by atoms with Gasteiger partial charge in [0.25, 0.3) is 0 Å². The maximum absolute atomic E-state index is 6.71. The van der Waals surface area contributed by atoms with Crippen LogP contribution in [0.15, 0.2) is 215 Å². The lowest BCUT2D eigenvalue weighted by Crippen LogP contribution is -2.09. The van der Waals surface area contributed by atoms with Crippen LogP contribution in [0.2, 0.25) is 0 Å². The van der Waals surface area contributed by atoms with Crippen LogP contribution in [-0.4, -0.2) is 4.98 Å². The molecule has 0 saturated heterocycles. The second-order valence-corrected chi connectivity index (χ2v) is 14.3. The minimum Gasteiger partial charge on any atom is -0.456 e. The highest BCUT2D eigenvalue weighted by Gasteiger charge is 2.20. The molecular formula is C53H34N2O2. The summed E-state index contributed by atoms with van der Waals surface area (Å²) >= 11 is 0. The van der Waals surface area contributed by atoms with Gasteiger partial charge in [-0.3, -0.25) is 0 Å². The third-order valence-corrected chi connectivity index (χ3v) is 10.9. The smallest absolute Gasteiger partial charge is 0.227 e. The van der Waals surface area contributed by atoms with E-state index in [0.717, 1.165) is 83.3 Å². The molecule has 4 nitrogen and oxygen atoms in total. The number of benzene rings is 9. The number of hydrogen-bond acceptors (Lipinski definition) is 4. The van der Waals surface area contributed by atoms with Crippen molar-refractivity contribution in [2.45, 2.75) is 0 Å². The van der Waals surface area contributed by atoms with Gasteiger partial charge in [0.15, 0.2) is 5.58 Å². The molecule has 0 aliphatic rings. The predicted molar refractivity (Wildman–Crippen MR) is 235 cm³/mol. The number of fused-ring (bicyclic) bond motifs is 6. The second kappa shape index (κ2) is 13.6. The number of aromatic nitrogens is 1. The number of para-hydroxylation sites is 1. The fraction of sp³-hybridized carbons (Fsp3) is 0. The van der Waals surface area contributed by atoms with E-state index in [1.165, 1.54) is 16.5 Å². The summed E-state index contributed by atoms with van der Waals surface area (Å²) in [6.45, 7) is 0. The lowest BCUT2D eigenvalue weighted by atomic mass is 9.92. The molecule has 0 spiro atoms. The van der Waals surface area contributed by atoms with Crippen LogP contribution in [0, 0.1) is 0 Å². The molecule has 0 radical (unpaired) electrons. The van der Waals surface area contributed by atoms with E-state index in [9.17, 15) is 0 Å². The van der Waals surface area contributed by atoms with Gasteiger partial charge >= 0.3 is 0 Å². The van der Waals surface area contributed by atoms with Crippen molar-refractivity contribution in [3.63, 3.8) is 0 Å². The number of rotatable bonds is 7. The fourth-order valence-electron chi connectivity index (χ4n) is 8.20. The maximum Gasteiger partial charge on any atom is 0.227 e. The zero-order valence-electron chi connectivity index (χ0n) is 30.8. The highest BCUT2D eigenvalue weighted by atomic mass is 16.3. The first kappa shape index (κ1) is 32.7. The summed E-state index contributed by atoms with van der Waals surface area (Å²) in [5, 5.41) is 4.51. The average molecular weight is 731 g/mol.